The first kappa shape index (κ1) is 26.4. The van der Waals surface area contributed by atoms with Crippen molar-refractivity contribution >= 4 is 35.3 Å². The molecule has 0 spiro atoms. The van der Waals surface area contributed by atoms with E-state index in [1.54, 1.807) is 17.2 Å². The maximum absolute atomic E-state index is 13.5. The quantitative estimate of drug-likeness (QED) is 0.383. The van der Waals surface area contributed by atoms with Gasteiger partial charge in [-0.3, -0.25) is 14.5 Å². The highest BCUT2D eigenvalue weighted by molar-refractivity contribution is 8.04. The number of hydrogen-bond acceptors (Lipinski definition) is 7. The Labute approximate surface area is 237 Å². The van der Waals surface area contributed by atoms with Crippen molar-refractivity contribution in [1.82, 2.24) is 26.3 Å². The van der Waals surface area contributed by atoms with Gasteiger partial charge >= 0.3 is 6.03 Å². The van der Waals surface area contributed by atoms with E-state index in [0.717, 1.165) is 32.2 Å². The van der Waals surface area contributed by atoms with Crippen LogP contribution in [0.4, 0.5) is 10.5 Å². The summed E-state index contributed by atoms with van der Waals surface area (Å²) in [6, 6.07) is 12.6. The van der Waals surface area contributed by atoms with Crippen LogP contribution in [-0.2, 0) is 9.59 Å². The van der Waals surface area contributed by atoms with Crippen molar-refractivity contribution in [2.24, 2.45) is 5.92 Å². The van der Waals surface area contributed by atoms with E-state index in [-0.39, 0.29) is 47.3 Å². The van der Waals surface area contributed by atoms with Gasteiger partial charge in [0.2, 0.25) is 11.8 Å². The smallest absolute Gasteiger partial charge is 0.326 e. The summed E-state index contributed by atoms with van der Waals surface area (Å²) in [5.74, 6) is 0.711. The van der Waals surface area contributed by atoms with E-state index >= 15 is 0 Å². The highest BCUT2D eigenvalue weighted by Gasteiger charge is 2.51. The second kappa shape index (κ2) is 11.3. The minimum absolute atomic E-state index is 0.00749. The molecule has 6 rings (SSSR count). The molecule has 1 saturated carbocycles. The average Bonchev–Trinajstić information content (AvgIpc) is 3.34. The van der Waals surface area contributed by atoms with Gasteiger partial charge < -0.3 is 26.0 Å². The highest BCUT2D eigenvalue weighted by Crippen LogP contribution is 2.48. The summed E-state index contributed by atoms with van der Waals surface area (Å²) in [6.07, 6.45) is 6.99. The van der Waals surface area contributed by atoms with Crippen LogP contribution < -0.4 is 30.9 Å². The number of amides is 4. The number of para-hydroxylation sites is 1. The third-order valence-corrected chi connectivity index (χ3v) is 9.21. The van der Waals surface area contributed by atoms with Gasteiger partial charge in [0.1, 0.15) is 5.75 Å². The molecule has 11 heteroatoms. The molecule has 4 aliphatic rings. The van der Waals surface area contributed by atoms with E-state index in [0.29, 0.717) is 34.3 Å². The van der Waals surface area contributed by atoms with Crippen molar-refractivity contribution in [3.63, 3.8) is 0 Å². The first-order chi connectivity index (χ1) is 19.5. The minimum atomic E-state index is -0.270. The number of nitrogens with zero attached hydrogens (tertiary/aromatic N) is 2. The molecule has 0 bridgehead atoms. The van der Waals surface area contributed by atoms with Crippen molar-refractivity contribution in [2.75, 3.05) is 11.4 Å². The maximum Gasteiger partial charge on any atom is 0.326 e. The van der Waals surface area contributed by atoms with Crippen LogP contribution in [-0.4, -0.2) is 52.9 Å². The first-order valence-corrected chi connectivity index (χ1v) is 14.6. The zero-order valence-corrected chi connectivity index (χ0v) is 22.8. The Bertz CT molecular complexity index is 1330. The second-order valence-electron chi connectivity index (χ2n) is 10.4. The van der Waals surface area contributed by atoms with Crippen molar-refractivity contribution in [1.29, 1.82) is 0 Å². The number of rotatable bonds is 7. The van der Waals surface area contributed by atoms with Crippen molar-refractivity contribution in [3.8, 4) is 11.6 Å². The molecule has 208 valence electrons. The van der Waals surface area contributed by atoms with E-state index in [9.17, 15) is 14.4 Å². The van der Waals surface area contributed by atoms with Crippen molar-refractivity contribution < 1.29 is 19.1 Å². The number of aromatic nitrogens is 1. The molecular formula is C29H32N6O4S. The largest absolute Gasteiger partial charge is 0.439 e. The van der Waals surface area contributed by atoms with E-state index in [1.807, 2.05) is 36.4 Å². The third-order valence-electron chi connectivity index (χ3n) is 7.85. The number of urea groups is 1. The van der Waals surface area contributed by atoms with Gasteiger partial charge in [-0.15, -0.1) is 0 Å². The van der Waals surface area contributed by atoms with Gasteiger partial charge in [0.05, 0.1) is 28.2 Å². The lowest BCUT2D eigenvalue weighted by molar-refractivity contribution is -0.117. The predicted molar refractivity (Wildman–Crippen MR) is 153 cm³/mol. The summed E-state index contributed by atoms with van der Waals surface area (Å²) in [5.41, 5.74) is 1.37. The number of anilines is 1. The van der Waals surface area contributed by atoms with Crippen LogP contribution in [0.15, 0.2) is 71.9 Å². The van der Waals surface area contributed by atoms with Crippen LogP contribution in [0.2, 0.25) is 0 Å². The van der Waals surface area contributed by atoms with E-state index in [1.165, 1.54) is 17.8 Å². The van der Waals surface area contributed by atoms with E-state index in [4.69, 9.17) is 4.74 Å². The van der Waals surface area contributed by atoms with Gasteiger partial charge in [0.15, 0.2) is 0 Å². The Morgan fingerprint density at radius 2 is 1.90 bits per heavy atom. The van der Waals surface area contributed by atoms with Crippen LogP contribution in [0, 0.1) is 5.92 Å². The van der Waals surface area contributed by atoms with Gasteiger partial charge in [0, 0.05) is 29.8 Å². The number of piperidine rings is 1. The molecule has 5 atom stereocenters. The summed E-state index contributed by atoms with van der Waals surface area (Å²) in [6.45, 7) is 4.25. The van der Waals surface area contributed by atoms with Gasteiger partial charge in [-0.05, 0) is 62.9 Å². The summed E-state index contributed by atoms with van der Waals surface area (Å²) in [5, 5.41) is 12.7. The zero-order valence-electron chi connectivity index (χ0n) is 22.0. The fourth-order valence-corrected chi connectivity index (χ4v) is 7.47. The molecule has 4 amide bonds. The molecule has 10 nitrogen and oxygen atoms in total. The first-order valence-electron chi connectivity index (χ1n) is 13.7. The molecule has 3 aliphatic heterocycles. The molecule has 1 aliphatic carbocycles. The predicted octanol–water partition coefficient (Wildman–Crippen LogP) is 3.40. The molecule has 1 aromatic heterocycles. The number of carbonyl (C=O) groups excluding carboxylic acids is 3. The van der Waals surface area contributed by atoms with Crippen molar-refractivity contribution in [3.05, 3.63) is 71.9 Å². The molecule has 0 radical (unpaired) electrons. The SMILES string of the molecule is C=CC(=O)N[C@@H]1CCC[C@@H](NC(=O)C2=C3NC(=O)N(c4ccc(Oc5ccccc5)nc4)C4CCNC(S2)C34)C1. The van der Waals surface area contributed by atoms with Crippen LogP contribution >= 0.6 is 11.8 Å². The lowest BCUT2D eigenvalue weighted by Crippen LogP contribution is -2.62. The molecule has 3 fully saturated rings. The second-order valence-corrected chi connectivity index (χ2v) is 11.6. The standard InChI is InChI=1S/C29H32N6O4S/c1-2-22(36)32-17-7-6-8-18(15-17)33-27(37)26-25-24-21(13-14-30-28(24)40-26)35(29(38)34-25)19-11-12-23(31-16-19)39-20-9-4-3-5-10-20/h2-5,9-12,16-18,21,24,28,30H,1,6-8,13-15H2,(H,32,36)(H,33,37)(H,34,38)/t17-,18-,21?,24?,28?/m1/s1. The number of carbonyl (C=O) groups is 3. The number of thioether (sulfide) groups is 1. The average molecular weight is 561 g/mol. The summed E-state index contributed by atoms with van der Waals surface area (Å²) < 4.78 is 5.81. The van der Waals surface area contributed by atoms with Crippen LogP contribution in [0.25, 0.3) is 0 Å². The van der Waals surface area contributed by atoms with Gasteiger partial charge in [-0.1, -0.05) is 36.5 Å². The van der Waals surface area contributed by atoms with Gasteiger partial charge in [-0.2, -0.15) is 0 Å². The van der Waals surface area contributed by atoms with Gasteiger partial charge in [0.25, 0.3) is 5.91 Å². The monoisotopic (exact) mass is 560 g/mol. The Morgan fingerprint density at radius 3 is 2.65 bits per heavy atom. The van der Waals surface area contributed by atoms with E-state index < -0.39 is 0 Å². The number of nitrogens with one attached hydrogen (secondary N) is 4. The van der Waals surface area contributed by atoms with Crippen LogP contribution in [0.5, 0.6) is 11.6 Å². The van der Waals surface area contributed by atoms with Crippen molar-refractivity contribution in [2.45, 2.75) is 55.6 Å². The molecule has 40 heavy (non-hydrogen) atoms. The molecule has 4 heterocycles. The number of hydrogen-bond donors (Lipinski definition) is 4. The highest BCUT2D eigenvalue weighted by atomic mass is 32.2. The molecule has 3 unspecified atom stereocenters. The molecule has 1 aromatic carbocycles. The zero-order chi connectivity index (χ0) is 27.6. The van der Waals surface area contributed by atoms with Crippen LogP contribution in [0.3, 0.4) is 0 Å². The lowest BCUT2D eigenvalue weighted by Gasteiger charge is -2.45. The Kier molecular flexibility index (Phi) is 7.48. The molecule has 4 N–H and O–H groups in total. The molecule has 2 aromatic rings. The summed E-state index contributed by atoms with van der Waals surface area (Å²) >= 11 is 1.48. The fourth-order valence-electron chi connectivity index (χ4n) is 6.07. The Morgan fingerprint density at radius 1 is 1.10 bits per heavy atom. The number of ether oxygens (including phenoxy) is 1. The number of pyridine rings is 1. The topological polar surface area (TPSA) is 125 Å². The fraction of sp³-hybridized carbons (Fsp3) is 0.379. The van der Waals surface area contributed by atoms with Gasteiger partial charge in [-0.25, -0.2) is 9.78 Å². The Balaban J connectivity index is 1.17. The minimum Gasteiger partial charge on any atom is -0.439 e. The Hall–Kier alpha value is -3.83. The summed E-state index contributed by atoms with van der Waals surface area (Å²) in [4.78, 5) is 45.4. The molecular weight excluding hydrogens is 528 g/mol. The number of benzene rings is 1. The maximum atomic E-state index is 13.5. The summed E-state index contributed by atoms with van der Waals surface area (Å²) in [7, 11) is 0. The third kappa shape index (κ3) is 5.31. The van der Waals surface area contributed by atoms with E-state index in [2.05, 4.69) is 32.8 Å². The normalized spacial score (nSPS) is 27.4. The lowest BCUT2D eigenvalue weighted by atomic mass is 9.86. The van der Waals surface area contributed by atoms with Crippen LogP contribution in [0.1, 0.15) is 32.1 Å². The molecule has 2 saturated heterocycles.